The van der Waals surface area contributed by atoms with Crippen LogP contribution in [0.25, 0.3) is 0 Å². The molecular formula is C16H18F3N5O2. The van der Waals surface area contributed by atoms with Crippen LogP contribution in [-0.2, 0) is 19.1 Å². The smallest absolute Gasteiger partial charge is 0.333 e. The highest BCUT2D eigenvalue weighted by molar-refractivity contribution is 5.93. The predicted octanol–water partition coefficient (Wildman–Crippen LogP) is 2.53. The molecule has 0 fully saturated rings. The zero-order chi connectivity index (χ0) is 19.2. The number of rotatable bonds is 5. The largest absolute Gasteiger partial charge is 0.416 e. The van der Waals surface area contributed by atoms with E-state index in [1.165, 1.54) is 12.1 Å². The van der Waals surface area contributed by atoms with E-state index in [1.54, 1.807) is 6.07 Å². The fraction of sp³-hybridized carbons (Fsp3) is 0.312. The minimum Gasteiger partial charge on any atom is -0.333 e. The number of amides is 3. The van der Waals surface area contributed by atoms with E-state index >= 15 is 0 Å². The third-order valence-corrected chi connectivity index (χ3v) is 3.38. The number of halogens is 3. The maximum Gasteiger partial charge on any atom is 0.416 e. The van der Waals surface area contributed by atoms with Crippen molar-refractivity contribution in [1.82, 2.24) is 26.4 Å². The number of nitrogens with one attached hydrogen (secondary N) is 4. The molecule has 0 saturated heterocycles. The van der Waals surface area contributed by atoms with E-state index < -0.39 is 23.7 Å². The van der Waals surface area contributed by atoms with Crippen LogP contribution in [0.4, 0.5) is 18.0 Å². The second kappa shape index (κ2) is 8.37. The number of aryl methyl sites for hydroxylation is 1. The lowest BCUT2D eigenvalue weighted by molar-refractivity contribution is -0.137. The molecule has 0 bridgehead atoms. The molecule has 4 N–H and O–H groups in total. The number of hydrogen-bond donors (Lipinski definition) is 4. The molecule has 0 unspecified atom stereocenters. The lowest BCUT2D eigenvalue weighted by Gasteiger charge is -2.10. The molecule has 10 heteroatoms. The molecule has 0 spiro atoms. The fourth-order valence-electron chi connectivity index (χ4n) is 2.14. The molecule has 3 amide bonds. The standard InChI is InChI=1S/C16H18F3N5O2/c1-2-4-12-8-13(22-21-12)14(25)23-24-15(26)20-9-10-5-3-6-11(7-10)16(17,18)19/h3,5-8H,2,4,9H2,1H3,(H,21,22)(H,23,25)(H2,20,24,26). The van der Waals surface area contributed by atoms with Crippen molar-refractivity contribution in [2.75, 3.05) is 0 Å². The van der Waals surface area contributed by atoms with Crippen molar-refractivity contribution in [3.8, 4) is 0 Å². The van der Waals surface area contributed by atoms with Gasteiger partial charge in [0.15, 0.2) is 5.69 Å². The van der Waals surface area contributed by atoms with Gasteiger partial charge in [0.2, 0.25) is 0 Å². The maximum absolute atomic E-state index is 12.6. The van der Waals surface area contributed by atoms with E-state index in [9.17, 15) is 22.8 Å². The van der Waals surface area contributed by atoms with Gasteiger partial charge in [-0.15, -0.1) is 0 Å². The zero-order valence-corrected chi connectivity index (χ0v) is 13.9. The van der Waals surface area contributed by atoms with E-state index in [0.29, 0.717) is 0 Å². The van der Waals surface area contributed by atoms with Gasteiger partial charge in [-0.1, -0.05) is 25.5 Å². The number of carbonyl (C=O) groups excluding carboxylic acids is 2. The summed E-state index contributed by atoms with van der Waals surface area (Å²) >= 11 is 0. The summed E-state index contributed by atoms with van der Waals surface area (Å²) in [4.78, 5) is 23.5. The molecule has 26 heavy (non-hydrogen) atoms. The summed E-state index contributed by atoms with van der Waals surface area (Å²) in [6, 6.07) is 5.40. The molecule has 7 nitrogen and oxygen atoms in total. The van der Waals surface area contributed by atoms with Gasteiger partial charge in [0.05, 0.1) is 5.56 Å². The number of urea groups is 1. The van der Waals surface area contributed by atoms with Gasteiger partial charge in [0, 0.05) is 12.2 Å². The lowest BCUT2D eigenvalue weighted by Crippen LogP contribution is -2.46. The van der Waals surface area contributed by atoms with Crippen LogP contribution in [0.3, 0.4) is 0 Å². The number of H-pyrrole nitrogens is 1. The Morgan fingerprint density at radius 1 is 1.19 bits per heavy atom. The predicted molar refractivity (Wildman–Crippen MR) is 86.9 cm³/mol. The number of aromatic amines is 1. The highest BCUT2D eigenvalue weighted by Crippen LogP contribution is 2.29. The van der Waals surface area contributed by atoms with Gasteiger partial charge < -0.3 is 5.32 Å². The van der Waals surface area contributed by atoms with Crippen molar-refractivity contribution in [2.24, 2.45) is 0 Å². The van der Waals surface area contributed by atoms with Crippen LogP contribution in [0.1, 0.15) is 40.7 Å². The van der Waals surface area contributed by atoms with Crippen LogP contribution in [0.2, 0.25) is 0 Å². The quantitative estimate of drug-likeness (QED) is 0.610. The third-order valence-electron chi connectivity index (χ3n) is 3.38. The Bertz CT molecular complexity index is 773. The van der Waals surface area contributed by atoms with Gasteiger partial charge in [-0.3, -0.25) is 15.3 Å². The monoisotopic (exact) mass is 369 g/mol. The van der Waals surface area contributed by atoms with E-state index in [1.807, 2.05) is 6.92 Å². The summed E-state index contributed by atoms with van der Waals surface area (Å²) in [5.74, 6) is -0.613. The van der Waals surface area contributed by atoms with Crippen molar-refractivity contribution < 1.29 is 22.8 Å². The molecule has 1 aromatic heterocycles. The highest BCUT2D eigenvalue weighted by Gasteiger charge is 2.30. The Balaban J connectivity index is 1.81. The second-order valence-corrected chi connectivity index (χ2v) is 5.49. The molecule has 2 aromatic rings. The molecule has 0 atom stereocenters. The van der Waals surface area contributed by atoms with Crippen molar-refractivity contribution in [3.63, 3.8) is 0 Å². The summed E-state index contributed by atoms with van der Waals surface area (Å²) in [5, 5.41) is 8.88. The lowest BCUT2D eigenvalue weighted by atomic mass is 10.1. The minimum absolute atomic E-state index is 0.117. The third kappa shape index (κ3) is 5.50. The molecule has 0 saturated carbocycles. The summed E-state index contributed by atoms with van der Waals surface area (Å²) in [5.41, 5.74) is 4.67. The van der Waals surface area contributed by atoms with E-state index in [-0.39, 0.29) is 17.8 Å². The van der Waals surface area contributed by atoms with Crippen molar-refractivity contribution in [3.05, 3.63) is 52.8 Å². The summed E-state index contributed by atoms with van der Waals surface area (Å²) < 4.78 is 37.9. The average molecular weight is 369 g/mol. The van der Waals surface area contributed by atoms with Gasteiger partial charge in [-0.25, -0.2) is 10.2 Å². The van der Waals surface area contributed by atoms with E-state index in [4.69, 9.17) is 0 Å². The van der Waals surface area contributed by atoms with Crippen LogP contribution in [0, 0.1) is 0 Å². The maximum atomic E-state index is 12.6. The summed E-state index contributed by atoms with van der Waals surface area (Å²) in [6.45, 7) is 1.85. The molecule has 1 aromatic carbocycles. The van der Waals surface area contributed by atoms with Gasteiger partial charge in [0.25, 0.3) is 5.91 Å². The number of hydrogen-bond acceptors (Lipinski definition) is 3. The SMILES string of the molecule is CCCc1cc(C(=O)NNC(=O)NCc2cccc(C(F)(F)F)c2)n[nH]1. The normalized spacial score (nSPS) is 11.1. The molecular weight excluding hydrogens is 351 g/mol. The van der Waals surface area contributed by atoms with Crippen LogP contribution in [0.5, 0.6) is 0 Å². The average Bonchev–Trinajstić information content (AvgIpc) is 3.06. The van der Waals surface area contributed by atoms with Gasteiger partial charge in [0.1, 0.15) is 0 Å². The number of nitrogens with zero attached hydrogens (tertiary/aromatic N) is 1. The zero-order valence-electron chi connectivity index (χ0n) is 13.9. The first kappa shape index (κ1) is 19.3. The first-order valence-corrected chi connectivity index (χ1v) is 7.84. The van der Waals surface area contributed by atoms with Gasteiger partial charge in [-0.2, -0.15) is 18.3 Å². The Hall–Kier alpha value is -3.04. The number of aromatic nitrogens is 2. The van der Waals surface area contributed by atoms with Crippen molar-refractivity contribution >= 4 is 11.9 Å². The molecule has 2 rings (SSSR count). The molecule has 0 radical (unpaired) electrons. The summed E-state index contributed by atoms with van der Waals surface area (Å²) in [7, 11) is 0. The molecule has 0 aliphatic carbocycles. The second-order valence-electron chi connectivity index (χ2n) is 5.49. The first-order valence-electron chi connectivity index (χ1n) is 7.84. The van der Waals surface area contributed by atoms with Crippen LogP contribution >= 0.6 is 0 Å². The van der Waals surface area contributed by atoms with E-state index in [2.05, 4.69) is 26.4 Å². The van der Waals surface area contributed by atoms with Gasteiger partial charge >= 0.3 is 12.2 Å². The first-order chi connectivity index (χ1) is 12.3. The Kier molecular flexibility index (Phi) is 6.21. The van der Waals surface area contributed by atoms with Crippen molar-refractivity contribution in [2.45, 2.75) is 32.5 Å². The Labute approximate surface area is 147 Å². The highest BCUT2D eigenvalue weighted by atomic mass is 19.4. The molecule has 1 heterocycles. The van der Waals surface area contributed by atoms with Crippen LogP contribution in [0.15, 0.2) is 30.3 Å². The summed E-state index contributed by atoms with van der Waals surface area (Å²) in [6.07, 6.45) is -2.82. The molecule has 0 aliphatic rings. The topological polar surface area (TPSA) is 98.9 Å². The molecule has 140 valence electrons. The number of benzene rings is 1. The van der Waals surface area contributed by atoms with E-state index in [0.717, 1.165) is 30.7 Å². The number of alkyl halides is 3. The van der Waals surface area contributed by atoms with Gasteiger partial charge in [-0.05, 0) is 30.2 Å². The number of carbonyl (C=O) groups is 2. The van der Waals surface area contributed by atoms with Crippen molar-refractivity contribution in [1.29, 1.82) is 0 Å². The Morgan fingerprint density at radius 3 is 2.65 bits per heavy atom. The van der Waals surface area contributed by atoms with Crippen LogP contribution < -0.4 is 16.2 Å². The van der Waals surface area contributed by atoms with Crippen LogP contribution in [-0.4, -0.2) is 22.1 Å². The number of hydrazine groups is 1. The minimum atomic E-state index is -4.45. The molecule has 0 aliphatic heterocycles. The fourth-order valence-corrected chi connectivity index (χ4v) is 2.14. The Morgan fingerprint density at radius 2 is 1.96 bits per heavy atom.